The van der Waals surface area contributed by atoms with Crippen LogP contribution in [-0.4, -0.2) is 52.4 Å². The molecule has 0 atom stereocenters. The van der Waals surface area contributed by atoms with Crippen LogP contribution >= 0.6 is 11.8 Å². The molecule has 8 nitrogen and oxygen atoms in total. The molecule has 1 fully saturated rings. The summed E-state index contributed by atoms with van der Waals surface area (Å²) in [5, 5.41) is 8.28. The third-order valence-electron chi connectivity index (χ3n) is 4.28. The molecule has 0 radical (unpaired) electrons. The van der Waals surface area contributed by atoms with E-state index in [1.165, 1.54) is 11.8 Å². The van der Waals surface area contributed by atoms with E-state index in [0.29, 0.717) is 49.4 Å². The van der Waals surface area contributed by atoms with E-state index >= 15 is 0 Å². The van der Waals surface area contributed by atoms with Crippen molar-refractivity contribution in [2.75, 3.05) is 25.4 Å². The van der Waals surface area contributed by atoms with Gasteiger partial charge >= 0.3 is 5.97 Å². The van der Waals surface area contributed by atoms with E-state index in [2.05, 4.69) is 10.2 Å². The van der Waals surface area contributed by atoms with E-state index < -0.39 is 0 Å². The van der Waals surface area contributed by atoms with Gasteiger partial charge in [-0.25, -0.2) is 0 Å². The molecular formula is C17H21N3O5S. The van der Waals surface area contributed by atoms with Crippen molar-refractivity contribution in [1.29, 1.82) is 0 Å². The highest BCUT2D eigenvalue weighted by Gasteiger charge is 2.28. The van der Waals surface area contributed by atoms with Crippen molar-refractivity contribution in [1.82, 2.24) is 15.1 Å². The van der Waals surface area contributed by atoms with Crippen LogP contribution in [0.25, 0.3) is 11.5 Å². The Morgan fingerprint density at radius 3 is 2.77 bits per heavy atom. The maximum absolute atomic E-state index is 12.3. The summed E-state index contributed by atoms with van der Waals surface area (Å²) >= 11 is 1.21. The summed E-state index contributed by atoms with van der Waals surface area (Å²) in [7, 11) is 0. The molecule has 0 spiro atoms. The van der Waals surface area contributed by atoms with Gasteiger partial charge in [-0.3, -0.25) is 9.59 Å². The van der Waals surface area contributed by atoms with Gasteiger partial charge in [0.25, 0.3) is 11.1 Å². The lowest BCUT2D eigenvalue weighted by atomic mass is 9.97. The van der Waals surface area contributed by atoms with Crippen molar-refractivity contribution in [2.24, 2.45) is 5.92 Å². The highest BCUT2D eigenvalue weighted by atomic mass is 32.2. The summed E-state index contributed by atoms with van der Waals surface area (Å²) in [5.74, 6) is 1.02. The van der Waals surface area contributed by atoms with Crippen LogP contribution in [0.1, 0.15) is 25.5 Å². The van der Waals surface area contributed by atoms with Gasteiger partial charge in [-0.2, -0.15) is 0 Å². The number of furan rings is 1. The van der Waals surface area contributed by atoms with Gasteiger partial charge in [0.15, 0.2) is 0 Å². The first-order valence-electron chi connectivity index (χ1n) is 8.53. The first-order valence-corrected chi connectivity index (χ1v) is 9.52. The Labute approximate surface area is 155 Å². The molecule has 1 saturated heterocycles. The first kappa shape index (κ1) is 18.5. The van der Waals surface area contributed by atoms with Crippen molar-refractivity contribution in [3.8, 4) is 11.5 Å². The molecular weight excluding hydrogens is 358 g/mol. The number of esters is 1. The molecule has 0 unspecified atom stereocenters. The highest BCUT2D eigenvalue weighted by molar-refractivity contribution is 7.99. The van der Waals surface area contributed by atoms with E-state index in [4.69, 9.17) is 13.6 Å². The van der Waals surface area contributed by atoms with E-state index in [-0.39, 0.29) is 23.5 Å². The van der Waals surface area contributed by atoms with Crippen LogP contribution in [0.4, 0.5) is 0 Å². The normalized spacial score (nSPS) is 15.2. The van der Waals surface area contributed by atoms with Crippen molar-refractivity contribution in [3.63, 3.8) is 0 Å². The molecule has 9 heteroatoms. The Morgan fingerprint density at radius 1 is 1.35 bits per heavy atom. The van der Waals surface area contributed by atoms with E-state index in [0.717, 1.165) is 5.56 Å². The minimum absolute atomic E-state index is 0.00319. The van der Waals surface area contributed by atoms with Gasteiger partial charge in [0.1, 0.15) is 5.76 Å². The fourth-order valence-corrected chi connectivity index (χ4v) is 3.49. The number of thioether (sulfide) groups is 1. The monoisotopic (exact) mass is 379 g/mol. The molecule has 1 amide bonds. The number of rotatable bonds is 6. The maximum atomic E-state index is 12.3. The highest BCUT2D eigenvalue weighted by Crippen LogP contribution is 2.27. The number of nitrogens with zero attached hydrogens (tertiary/aromatic N) is 3. The van der Waals surface area contributed by atoms with Crippen LogP contribution < -0.4 is 0 Å². The van der Waals surface area contributed by atoms with Crippen molar-refractivity contribution in [2.45, 2.75) is 31.9 Å². The maximum Gasteiger partial charge on any atom is 0.309 e. The molecule has 3 rings (SSSR count). The SMILES string of the molecule is CCOC(=O)C1CCN(C(=O)CSc2nnc(-c3ccoc3C)o2)CC1. The fraction of sp³-hybridized carbons (Fsp3) is 0.529. The van der Waals surface area contributed by atoms with Crippen LogP contribution in [0.2, 0.25) is 0 Å². The second-order valence-corrected chi connectivity index (χ2v) is 6.89. The quantitative estimate of drug-likeness (QED) is 0.558. The molecule has 3 heterocycles. The van der Waals surface area contributed by atoms with Gasteiger partial charge in [-0.05, 0) is 32.8 Å². The van der Waals surface area contributed by atoms with Gasteiger partial charge in [0, 0.05) is 13.1 Å². The molecule has 26 heavy (non-hydrogen) atoms. The van der Waals surface area contributed by atoms with Crippen LogP contribution in [-0.2, 0) is 14.3 Å². The van der Waals surface area contributed by atoms with Crippen LogP contribution in [0.5, 0.6) is 0 Å². The second kappa shape index (κ2) is 8.39. The Kier molecular flexibility index (Phi) is 5.97. The minimum Gasteiger partial charge on any atom is -0.469 e. The Morgan fingerprint density at radius 2 is 2.12 bits per heavy atom. The molecule has 0 aliphatic carbocycles. The fourth-order valence-electron chi connectivity index (χ4n) is 2.82. The lowest BCUT2D eigenvalue weighted by Gasteiger charge is -2.30. The topological polar surface area (TPSA) is 98.7 Å². The second-order valence-electron chi connectivity index (χ2n) is 5.96. The molecule has 1 aliphatic rings. The number of aromatic nitrogens is 2. The summed E-state index contributed by atoms with van der Waals surface area (Å²) in [5.41, 5.74) is 0.747. The molecule has 0 bridgehead atoms. The lowest BCUT2D eigenvalue weighted by molar-refractivity contribution is -0.151. The third kappa shape index (κ3) is 4.27. The Balaban J connectivity index is 1.47. The lowest BCUT2D eigenvalue weighted by Crippen LogP contribution is -2.41. The zero-order valence-electron chi connectivity index (χ0n) is 14.8. The smallest absolute Gasteiger partial charge is 0.309 e. The molecule has 0 N–H and O–H groups in total. The number of amides is 1. The number of hydrogen-bond acceptors (Lipinski definition) is 8. The van der Waals surface area contributed by atoms with Gasteiger partial charge < -0.3 is 18.5 Å². The number of ether oxygens (including phenoxy) is 1. The molecule has 0 aromatic carbocycles. The van der Waals surface area contributed by atoms with E-state index in [1.807, 2.05) is 6.92 Å². The molecule has 2 aromatic rings. The standard InChI is InChI=1S/C17H21N3O5S/c1-3-23-16(22)12-4-7-20(8-5-12)14(21)10-26-17-19-18-15(25-17)13-6-9-24-11(13)2/h6,9,12H,3-5,7-8,10H2,1-2H3. The third-order valence-corrected chi connectivity index (χ3v) is 5.09. The van der Waals surface area contributed by atoms with E-state index in [1.54, 1.807) is 24.2 Å². The Hall–Kier alpha value is -2.29. The summed E-state index contributed by atoms with van der Waals surface area (Å²) in [6.45, 7) is 5.12. The average Bonchev–Trinajstić information content (AvgIpc) is 3.28. The van der Waals surface area contributed by atoms with Crippen molar-refractivity contribution < 1.29 is 23.2 Å². The number of carbonyl (C=O) groups excluding carboxylic acids is 2. The van der Waals surface area contributed by atoms with Crippen molar-refractivity contribution >= 4 is 23.6 Å². The largest absolute Gasteiger partial charge is 0.469 e. The predicted molar refractivity (Wildman–Crippen MR) is 93.4 cm³/mol. The summed E-state index contributed by atoms with van der Waals surface area (Å²) in [6.07, 6.45) is 2.84. The molecule has 2 aromatic heterocycles. The number of piperidine rings is 1. The summed E-state index contributed by atoms with van der Waals surface area (Å²) < 4.78 is 15.8. The molecule has 140 valence electrons. The van der Waals surface area contributed by atoms with E-state index in [9.17, 15) is 9.59 Å². The summed E-state index contributed by atoms with van der Waals surface area (Å²) in [4.78, 5) is 25.9. The number of carbonyl (C=O) groups is 2. The Bertz CT molecular complexity index is 764. The van der Waals surface area contributed by atoms with Gasteiger partial charge in [0.2, 0.25) is 5.91 Å². The predicted octanol–water partition coefficient (Wildman–Crippen LogP) is 2.53. The van der Waals surface area contributed by atoms with Gasteiger partial charge in [0.05, 0.1) is 30.1 Å². The number of aryl methyl sites for hydroxylation is 1. The first-order chi connectivity index (χ1) is 12.6. The number of hydrogen-bond donors (Lipinski definition) is 0. The van der Waals surface area contributed by atoms with Crippen molar-refractivity contribution in [3.05, 3.63) is 18.1 Å². The molecule has 1 aliphatic heterocycles. The summed E-state index contributed by atoms with van der Waals surface area (Å²) in [6, 6.07) is 1.76. The van der Waals surface area contributed by atoms with Crippen LogP contribution in [0.15, 0.2) is 26.4 Å². The minimum atomic E-state index is -0.165. The zero-order valence-corrected chi connectivity index (χ0v) is 15.6. The number of likely N-dealkylation sites (tertiary alicyclic amines) is 1. The van der Waals surface area contributed by atoms with Crippen LogP contribution in [0.3, 0.4) is 0 Å². The van der Waals surface area contributed by atoms with Gasteiger partial charge in [-0.15, -0.1) is 10.2 Å². The molecule has 0 saturated carbocycles. The zero-order chi connectivity index (χ0) is 18.5. The average molecular weight is 379 g/mol. The van der Waals surface area contributed by atoms with Gasteiger partial charge in [-0.1, -0.05) is 11.8 Å². The van der Waals surface area contributed by atoms with Crippen LogP contribution in [0, 0.1) is 12.8 Å².